The zero-order valence-corrected chi connectivity index (χ0v) is 23.1. The molecule has 0 radical (unpaired) electrons. The van der Waals surface area contributed by atoms with Crippen LogP contribution in [0.1, 0.15) is 62.4 Å². The van der Waals surface area contributed by atoms with E-state index >= 15 is 0 Å². The van der Waals surface area contributed by atoms with Crippen LogP contribution in [0.4, 0.5) is 4.79 Å². The molecule has 40 heavy (non-hydrogen) atoms. The molecule has 7 heteroatoms. The van der Waals surface area contributed by atoms with Gasteiger partial charge in [0.25, 0.3) is 0 Å². The molecular weight excluding hydrogens is 500 g/mol. The minimum atomic E-state index is -1.32. The van der Waals surface area contributed by atoms with Crippen molar-refractivity contribution in [1.82, 2.24) is 14.5 Å². The number of carboxylic acid groups (broad SMARTS) is 1. The van der Waals surface area contributed by atoms with Crippen molar-refractivity contribution >= 4 is 23.0 Å². The lowest BCUT2D eigenvalue weighted by atomic mass is 9.94. The first-order valence-electron chi connectivity index (χ1n) is 14.5. The average Bonchev–Trinajstić information content (AvgIpc) is 3.59. The average molecular weight is 537 g/mol. The summed E-state index contributed by atoms with van der Waals surface area (Å²) >= 11 is 0. The fourth-order valence-electron chi connectivity index (χ4n) is 6.23. The number of hydrogen-bond donors (Lipinski definition) is 1. The van der Waals surface area contributed by atoms with E-state index < -0.39 is 6.16 Å². The van der Waals surface area contributed by atoms with Gasteiger partial charge in [0.15, 0.2) is 0 Å². The maximum atomic E-state index is 11.1. The van der Waals surface area contributed by atoms with Crippen molar-refractivity contribution in [2.45, 2.75) is 64.5 Å². The number of para-hydroxylation sites is 1. The number of aliphatic imine (C=N–C) groups is 1. The molecular formula is C33H36N4O3. The molecule has 6 rings (SSSR count). The Balaban J connectivity index is 1.30. The molecule has 0 spiro atoms. The van der Waals surface area contributed by atoms with Crippen LogP contribution >= 0.6 is 0 Å². The zero-order chi connectivity index (χ0) is 27.5. The molecule has 0 saturated heterocycles. The Morgan fingerprint density at radius 1 is 1.00 bits per heavy atom. The number of aryl methyl sites for hydroxylation is 1. The molecule has 7 nitrogen and oxygen atoms in total. The topological polar surface area (TPSA) is 80.0 Å². The highest BCUT2D eigenvalue weighted by Crippen LogP contribution is 2.31. The fourth-order valence-corrected chi connectivity index (χ4v) is 6.23. The number of ether oxygens (including phenoxy) is 1. The van der Waals surface area contributed by atoms with E-state index in [4.69, 9.17) is 19.8 Å². The van der Waals surface area contributed by atoms with E-state index in [-0.39, 0.29) is 0 Å². The minimum Gasteiger partial charge on any atom is -0.449 e. The van der Waals surface area contributed by atoms with Gasteiger partial charge in [-0.1, -0.05) is 68.7 Å². The van der Waals surface area contributed by atoms with Crippen molar-refractivity contribution in [3.8, 4) is 16.9 Å². The Morgan fingerprint density at radius 3 is 2.55 bits per heavy atom. The first-order valence-corrected chi connectivity index (χ1v) is 14.5. The highest BCUT2D eigenvalue weighted by molar-refractivity contribution is 6.02. The Labute approximate surface area is 235 Å². The standard InChI is InChI=1S/C33H36N4O3/c1-2-8-31-35-28-18-17-25(32-34-19-20-36(32)26-9-4-3-5-10-26)21-29(28)37(31)22-23-13-15-24(16-14-23)27-11-6-7-12-30(27)40-33(38)39/h6-7,11-18,21,26H,2-5,8-10,19-20,22H2,1H3,(H,38,39). The van der Waals surface area contributed by atoms with E-state index in [1.54, 1.807) is 12.1 Å². The lowest BCUT2D eigenvalue weighted by Crippen LogP contribution is -2.39. The lowest BCUT2D eigenvalue weighted by Gasteiger charge is -2.33. The molecule has 1 N–H and O–H groups in total. The summed E-state index contributed by atoms with van der Waals surface area (Å²) in [6, 6.07) is 22.7. The van der Waals surface area contributed by atoms with Crippen molar-refractivity contribution in [1.29, 1.82) is 0 Å². The van der Waals surface area contributed by atoms with Gasteiger partial charge < -0.3 is 19.3 Å². The van der Waals surface area contributed by atoms with E-state index in [1.165, 1.54) is 37.7 Å². The quantitative estimate of drug-likeness (QED) is 0.191. The maximum Gasteiger partial charge on any atom is 0.511 e. The minimum absolute atomic E-state index is 0.332. The van der Waals surface area contributed by atoms with Crippen LogP contribution < -0.4 is 4.74 Å². The number of hydrogen-bond acceptors (Lipinski definition) is 5. The van der Waals surface area contributed by atoms with Crippen LogP contribution in [0.15, 0.2) is 71.7 Å². The molecule has 1 aliphatic heterocycles. The number of rotatable bonds is 8. The Morgan fingerprint density at radius 2 is 1.77 bits per heavy atom. The molecule has 0 amide bonds. The molecule has 1 fully saturated rings. The number of aromatic nitrogens is 2. The van der Waals surface area contributed by atoms with Crippen molar-refractivity contribution in [3.63, 3.8) is 0 Å². The smallest absolute Gasteiger partial charge is 0.449 e. The monoisotopic (exact) mass is 536 g/mol. The molecule has 2 heterocycles. The summed E-state index contributed by atoms with van der Waals surface area (Å²) in [5, 5.41) is 9.11. The Kier molecular flexibility index (Phi) is 7.53. The van der Waals surface area contributed by atoms with Gasteiger partial charge in [0.2, 0.25) is 0 Å². The summed E-state index contributed by atoms with van der Waals surface area (Å²) in [5.74, 6) is 2.57. The van der Waals surface area contributed by atoms with Crippen LogP contribution in [0.25, 0.3) is 22.2 Å². The van der Waals surface area contributed by atoms with Crippen LogP contribution in [0.2, 0.25) is 0 Å². The van der Waals surface area contributed by atoms with Crippen LogP contribution in [0.5, 0.6) is 5.75 Å². The number of amidine groups is 1. The van der Waals surface area contributed by atoms with Crippen LogP contribution in [0.3, 0.4) is 0 Å². The third kappa shape index (κ3) is 5.33. The predicted molar refractivity (Wildman–Crippen MR) is 158 cm³/mol. The van der Waals surface area contributed by atoms with Crippen LogP contribution in [-0.4, -0.2) is 50.7 Å². The summed E-state index contributed by atoms with van der Waals surface area (Å²) < 4.78 is 7.34. The molecule has 2 aliphatic rings. The van der Waals surface area contributed by atoms with Crippen LogP contribution in [0, 0.1) is 0 Å². The number of nitrogens with zero attached hydrogens (tertiary/aromatic N) is 4. The largest absolute Gasteiger partial charge is 0.511 e. The molecule has 4 aromatic rings. The third-order valence-electron chi connectivity index (χ3n) is 8.14. The molecule has 1 aromatic heterocycles. The first kappa shape index (κ1) is 26.1. The van der Waals surface area contributed by atoms with E-state index in [0.29, 0.717) is 18.3 Å². The number of imidazole rings is 1. The summed E-state index contributed by atoms with van der Waals surface area (Å²) in [7, 11) is 0. The summed E-state index contributed by atoms with van der Waals surface area (Å²) in [5.41, 5.74) is 6.17. The number of benzene rings is 3. The molecule has 206 valence electrons. The Hall–Kier alpha value is -4.13. The zero-order valence-electron chi connectivity index (χ0n) is 23.1. The summed E-state index contributed by atoms with van der Waals surface area (Å²) in [4.78, 5) is 23.7. The summed E-state index contributed by atoms with van der Waals surface area (Å²) in [6.45, 7) is 4.79. The molecule has 0 unspecified atom stereocenters. The first-order chi connectivity index (χ1) is 19.6. The second kappa shape index (κ2) is 11.5. The van der Waals surface area contributed by atoms with Gasteiger partial charge in [0, 0.05) is 36.7 Å². The van der Waals surface area contributed by atoms with Crippen molar-refractivity contribution in [3.05, 3.63) is 83.7 Å². The Bertz CT molecular complexity index is 1530. The van der Waals surface area contributed by atoms with Crippen LogP contribution in [-0.2, 0) is 13.0 Å². The highest BCUT2D eigenvalue weighted by atomic mass is 16.7. The van der Waals surface area contributed by atoms with Gasteiger partial charge in [0.05, 0.1) is 17.6 Å². The van der Waals surface area contributed by atoms with Gasteiger partial charge in [-0.25, -0.2) is 9.78 Å². The SMILES string of the molecule is CCCc1nc2ccc(C3=NCCN3C3CCCCC3)cc2n1Cc1ccc(-c2ccccc2OC(=O)O)cc1. The molecule has 1 saturated carbocycles. The van der Waals surface area contributed by atoms with Crippen molar-refractivity contribution in [2.75, 3.05) is 13.1 Å². The molecule has 0 bridgehead atoms. The summed E-state index contributed by atoms with van der Waals surface area (Å²) in [6.07, 6.45) is 7.14. The van der Waals surface area contributed by atoms with Gasteiger partial charge in [0.1, 0.15) is 17.4 Å². The lowest BCUT2D eigenvalue weighted by molar-refractivity contribution is 0.144. The van der Waals surface area contributed by atoms with Gasteiger partial charge >= 0.3 is 6.16 Å². The maximum absolute atomic E-state index is 11.1. The second-order valence-corrected chi connectivity index (χ2v) is 10.8. The van der Waals surface area contributed by atoms with E-state index in [0.717, 1.165) is 65.3 Å². The fraction of sp³-hybridized carbons (Fsp3) is 0.364. The third-order valence-corrected chi connectivity index (χ3v) is 8.14. The van der Waals surface area contributed by atoms with Gasteiger partial charge in [-0.05, 0) is 54.7 Å². The van der Waals surface area contributed by atoms with Crippen molar-refractivity contribution < 1.29 is 14.6 Å². The molecule has 0 atom stereocenters. The number of carbonyl (C=O) groups is 1. The second-order valence-electron chi connectivity index (χ2n) is 10.8. The molecule has 1 aliphatic carbocycles. The number of fused-ring (bicyclic) bond motifs is 1. The molecule has 3 aromatic carbocycles. The van der Waals surface area contributed by atoms with Gasteiger partial charge in [-0.3, -0.25) is 4.99 Å². The van der Waals surface area contributed by atoms with Gasteiger partial charge in [-0.15, -0.1) is 0 Å². The van der Waals surface area contributed by atoms with Crippen molar-refractivity contribution in [2.24, 2.45) is 4.99 Å². The van der Waals surface area contributed by atoms with E-state index in [1.807, 2.05) is 24.3 Å². The predicted octanol–water partition coefficient (Wildman–Crippen LogP) is 7.16. The van der Waals surface area contributed by atoms with E-state index in [9.17, 15) is 4.79 Å². The van der Waals surface area contributed by atoms with Gasteiger partial charge in [-0.2, -0.15) is 0 Å². The normalized spacial score (nSPS) is 15.9. The highest BCUT2D eigenvalue weighted by Gasteiger charge is 2.28. The van der Waals surface area contributed by atoms with E-state index in [2.05, 4.69) is 46.7 Å².